The Morgan fingerprint density at radius 3 is 3.08 bits per heavy atom. The summed E-state index contributed by atoms with van der Waals surface area (Å²) in [7, 11) is 0. The van der Waals surface area contributed by atoms with Crippen molar-refractivity contribution in [3.8, 4) is 0 Å². The molecule has 62 valence electrons. The first kappa shape index (κ1) is 8.43. The second-order valence-corrected chi connectivity index (χ2v) is 2.26. The van der Waals surface area contributed by atoms with Crippen LogP contribution in [-0.2, 0) is 0 Å². The predicted molar refractivity (Wildman–Crippen MR) is 46.5 cm³/mol. The number of aryl methyl sites for hydroxylation is 1. The average molecular weight is 163 g/mol. The molecular weight excluding hydrogens is 154 g/mol. The van der Waals surface area contributed by atoms with Crippen molar-refractivity contribution in [2.45, 2.75) is 6.92 Å². The molecule has 0 aliphatic heterocycles. The summed E-state index contributed by atoms with van der Waals surface area (Å²) in [5, 5.41) is 3.35. The molecule has 0 unspecified atom stereocenters. The summed E-state index contributed by atoms with van der Waals surface area (Å²) in [5.41, 5.74) is 7.97. The minimum atomic E-state index is 0.357. The molecular formula is C8H9N3O. The van der Waals surface area contributed by atoms with Crippen LogP contribution in [0.1, 0.15) is 11.5 Å². The lowest BCUT2D eigenvalue weighted by atomic mass is 10.4. The van der Waals surface area contributed by atoms with E-state index in [0.717, 1.165) is 11.5 Å². The van der Waals surface area contributed by atoms with Gasteiger partial charge in [0, 0.05) is 11.5 Å². The third-order valence-corrected chi connectivity index (χ3v) is 1.29. The first-order valence-corrected chi connectivity index (χ1v) is 3.57. The standard InChI is InChI=1S/C8H9N3O/c1-7-4-5-8(12-7)3-2-6-10-11-9/h2-5H,6H2,1H3. The van der Waals surface area contributed by atoms with Crippen molar-refractivity contribution >= 4 is 6.08 Å². The highest BCUT2D eigenvalue weighted by Gasteiger charge is 1.90. The Morgan fingerprint density at radius 1 is 1.67 bits per heavy atom. The highest BCUT2D eigenvalue weighted by molar-refractivity contribution is 5.42. The van der Waals surface area contributed by atoms with Crippen LogP contribution in [0.5, 0.6) is 0 Å². The molecule has 0 spiro atoms. The van der Waals surface area contributed by atoms with Gasteiger partial charge in [-0.2, -0.15) is 0 Å². The van der Waals surface area contributed by atoms with Crippen LogP contribution in [0, 0.1) is 6.92 Å². The van der Waals surface area contributed by atoms with Crippen LogP contribution < -0.4 is 0 Å². The minimum Gasteiger partial charge on any atom is -0.462 e. The van der Waals surface area contributed by atoms with E-state index in [9.17, 15) is 0 Å². The van der Waals surface area contributed by atoms with Gasteiger partial charge in [0.05, 0.1) is 0 Å². The fraction of sp³-hybridized carbons (Fsp3) is 0.250. The van der Waals surface area contributed by atoms with Crippen LogP contribution in [0.3, 0.4) is 0 Å². The van der Waals surface area contributed by atoms with E-state index < -0.39 is 0 Å². The van der Waals surface area contributed by atoms with Gasteiger partial charge in [0.25, 0.3) is 0 Å². The second kappa shape index (κ2) is 4.26. The van der Waals surface area contributed by atoms with Crippen molar-refractivity contribution < 1.29 is 4.42 Å². The molecule has 4 heteroatoms. The van der Waals surface area contributed by atoms with E-state index in [2.05, 4.69) is 10.0 Å². The molecule has 1 heterocycles. The number of azide groups is 1. The van der Waals surface area contributed by atoms with Crippen LogP contribution in [-0.4, -0.2) is 6.54 Å². The van der Waals surface area contributed by atoms with E-state index in [4.69, 9.17) is 9.95 Å². The summed E-state index contributed by atoms with van der Waals surface area (Å²) >= 11 is 0. The zero-order valence-electron chi connectivity index (χ0n) is 6.77. The van der Waals surface area contributed by atoms with Crippen LogP contribution in [0.15, 0.2) is 27.7 Å². The van der Waals surface area contributed by atoms with E-state index in [1.165, 1.54) is 0 Å². The summed E-state index contributed by atoms with van der Waals surface area (Å²) in [5.74, 6) is 1.65. The third kappa shape index (κ3) is 2.52. The molecule has 0 N–H and O–H groups in total. The van der Waals surface area contributed by atoms with Crippen molar-refractivity contribution in [1.82, 2.24) is 0 Å². The van der Waals surface area contributed by atoms with Gasteiger partial charge >= 0.3 is 0 Å². The average Bonchev–Trinajstić information content (AvgIpc) is 2.45. The molecule has 0 aromatic carbocycles. The van der Waals surface area contributed by atoms with Crippen molar-refractivity contribution in [3.63, 3.8) is 0 Å². The number of rotatable bonds is 3. The zero-order chi connectivity index (χ0) is 8.81. The van der Waals surface area contributed by atoms with Crippen LogP contribution in [0.25, 0.3) is 16.5 Å². The van der Waals surface area contributed by atoms with Crippen LogP contribution >= 0.6 is 0 Å². The Labute approximate surface area is 70.1 Å². The molecule has 0 fully saturated rings. The molecule has 4 nitrogen and oxygen atoms in total. The maximum absolute atomic E-state index is 7.97. The first-order chi connectivity index (χ1) is 5.83. The molecule has 1 rings (SSSR count). The fourth-order valence-corrected chi connectivity index (χ4v) is 0.796. The van der Waals surface area contributed by atoms with E-state index >= 15 is 0 Å². The molecule has 0 saturated carbocycles. The van der Waals surface area contributed by atoms with Gasteiger partial charge in [0.15, 0.2) is 0 Å². The lowest BCUT2D eigenvalue weighted by Crippen LogP contribution is -1.66. The van der Waals surface area contributed by atoms with Crippen molar-refractivity contribution in [2.75, 3.05) is 6.54 Å². The molecule has 0 atom stereocenters. The molecule has 0 amide bonds. The van der Waals surface area contributed by atoms with E-state index in [-0.39, 0.29) is 0 Å². The Kier molecular flexibility index (Phi) is 2.99. The van der Waals surface area contributed by atoms with Gasteiger partial charge in [0.1, 0.15) is 11.5 Å². The van der Waals surface area contributed by atoms with E-state index in [0.29, 0.717) is 6.54 Å². The van der Waals surface area contributed by atoms with Gasteiger partial charge in [-0.15, -0.1) is 0 Å². The molecule has 1 aromatic rings. The summed E-state index contributed by atoms with van der Waals surface area (Å²) in [4.78, 5) is 2.62. The maximum atomic E-state index is 7.97. The number of hydrogen-bond donors (Lipinski definition) is 0. The van der Waals surface area contributed by atoms with Gasteiger partial charge in [-0.25, -0.2) is 0 Å². The molecule has 12 heavy (non-hydrogen) atoms. The Balaban J connectivity index is 2.51. The van der Waals surface area contributed by atoms with Gasteiger partial charge in [-0.05, 0) is 30.7 Å². The fourth-order valence-electron chi connectivity index (χ4n) is 0.796. The lowest BCUT2D eigenvalue weighted by Gasteiger charge is -1.82. The SMILES string of the molecule is Cc1ccc(C=CCN=[N+]=[N-])o1. The second-order valence-electron chi connectivity index (χ2n) is 2.26. The first-order valence-electron chi connectivity index (χ1n) is 3.57. The van der Waals surface area contributed by atoms with Gasteiger partial charge in [-0.1, -0.05) is 11.2 Å². The van der Waals surface area contributed by atoms with Crippen LogP contribution in [0.4, 0.5) is 0 Å². The smallest absolute Gasteiger partial charge is 0.126 e. The highest BCUT2D eigenvalue weighted by Crippen LogP contribution is 2.07. The van der Waals surface area contributed by atoms with Crippen molar-refractivity contribution in [2.24, 2.45) is 5.11 Å². The van der Waals surface area contributed by atoms with E-state index in [1.54, 1.807) is 12.2 Å². The Hall–Kier alpha value is -1.67. The summed E-state index contributed by atoms with van der Waals surface area (Å²) in [6.45, 7) is 2.24. The largest absolute Gasteiger partial charge is 0.462 e. The predicted octanol–water partition coefficient (Wildman–Crippen LogP) is 2.91. The molecule has 1 aromatic heterocycles. The molecule has 0 saturated heterocycles. The molecule has 0 bridgehead atoms. The molecule has 0 aliphatic rings. The van der Waals surface area contributed by atoms with Crippen molar-refractivity contribution in [3.05, 3.63) is 40.2 Å². The van der Waals surface area contributed by atoms with Crippen LogP contribution in [0.2, 0.25) is 0 Å². The van der Waals surface area contributed by atoms with Gasteiger partial charge < -0.3 is 4.42 Å². The topological polar surface area (TPSA) is 61.9 Å². The van der Waals surface area contributed by atoms with Crippen molar-refractivity contribution in [1.29, 1.82) is 0 Å². The third-order valence-electron chi connectivity index (χ3n) is 1.29. The molecule has 0 aliphatic carbocycles. The normalized spacial score (nSPS) is 10.1. The zero-order valence-corrected chi connectivity index (χ0v) is 6.77. The summed E-state index contributed by atoms with van der Waals surface area (Å²) in [6.07, 6.45) is 3.53. The summed E-state index contributed by atoms with van der Waals surface area (Å²) in [6, 6.07) is 3.75. The lowest BCUT2D eigenvalue weighted by molar-refractivity contribution is 0.525. The summed E-state index contributed by atoms with van der Waals surface area (Å²) < 4.78 is 5.24. The van der Waals surface area contributed by atoms with E-state index in [1.807, 2.05) is 19.1 Å². The number of hydrogen-bond acceptors (Lipinski definition) is 2. The minimum absolute atomic E-state index is 0.357. The number of nitrogens with zero attached hydrogens (tertiary/aromatic N) is 3. The highest BCUT2D eigenvalue weighted by atomic mass is 16.3. The van der Waals surface area contributed by atoms with Gasteiger partial charge in [-0.3, -0.25) is 0 Å². The Bertz CT molecular complexity index is 321. The molecule has 0 radical (unpaired) electrons. The Morgan fingerprint density at radius 2 is 2.50 bits per heavy atom. The van der Waals surface area contributed by atoms with Gasteiger partial charge in [0.2, 0.25) is 0 Å². The maximum Gasteiger partial charge on any atom is 0.126 e. The quantitative estimate of drug-likeness (QED) is 0.384. The number of furan rings is 1. The monoisotopic (exact) mass is 163 g/mol.